The van der Waals surface area contributed by atoms with Gasteiger partial charge in [0.1, 0.15) is 5.54 Å². The van der Waals surface area contributed by atoms with E-state index in [9.17, 15) is 14.4 Å². The van der Waals surface area contributed by atoms with Gasteiger partial charge < -0.3 is 10.2 Å². The number of piperidine rings is 1. The topological polar surface area (TPSA) is 78.5 Å². The maximum absolute atomic E-state index is 12.8. The summed E-state index contributed by atoms with van der Waals surface area (Å²) in [5.74, 6) is -0.274. The number of urea groups is 1. The van der Waals surface area contributed by atoms with Gasteiger partial charge in [-0.15, -0.1) is 0 Å². The van der Waals surface area contributed by atoms with Crippen LogP contribution in [0.15, 0.2) is 24.3 Å². The maximum atomic E-state index is 12.8. The summed E-state index contributed by atoms with van der Waals surface area (Å²) in [6, 6.07) is 7.40. The maximum Gasteiger partial charge on any atom is 0.322 e. The predicted molar refractivity (Wildman–Crippen MR) is 98.9 cm³/mol. The lowest BCUT2D eigenvalue weighted by atomic mass is 9.87. The summed E-state index contributed by atoms with van der Waals surface area (Å²) in [6.45, 7) is 4.85. The van der Waals surface area contributed by atoms with Crippen LogP contribution in [0.2, 0.25) is 5.02 Å². The molecule has 0 aromatic heterocycles. The van der Waals surface area contributed by atoms with E-state index in [-0.39, 0.29) is 24.2 Å². The molecule has 2 aliphatic rings. The van der Waals surface area contributed by atoms with Crippen molar-refractivity contribution in [3.05, 3.63) is 34.9 Å². The largest absolute Gasteiger partial charge is 0.342 e. The summed E-state index contributed by atoms with van der Waals surface area (Å²) in [7, 11) is 0. The molecule has 2 heterocycles. The minimum absolute atomic E-state index is 0.0321. The molecule has 1 aromatic rings. The first-order chi connectivity index (χ1) is 12.3. The smallest absolute Gasteiger partial charge is 0.322 e. The highest BCUT2D eigenvalue weighted by molar-refractivity contribution is 6.30. The van der Waals surface area contributed by atoms with Crippen molar-refractivity contribution in [2.24, 2.45) is 5.92 Å². The Hall–Kier alpha value is -2.08. The second-order valence-electron chi connectivity index (χ2n) is 7.50. The van der Waals surface area contributed by atoms with Gasteiger partial charge in [-0.2, -0.15) is 0 Å². The lowest BCUT2D eigenvalue weighted by Gasteiger charge is -2.35. The van der Waals surface area contributed by atoms with E-state index in [4.69, 9.17) is 11.6 Å². The van der Waals surface area contributed by atoms with Gasteiger partial charge in [-0.25, -0.2) is 4.79 Å². The number of benzene rings is 1. The van der Waals surface area contributed by atoms with Crippen LogP contribution in [0.5, 0.6) is 0 Å². The van der Waals surface area contributed by atoms with Crippen molar-refractivity contribution < 1.29 is 14.4 Å². The van der Waals surface area contributed by atoms with Crippen LogP contribution in [0.1, 0.15) is 44.6 Å². The summed E-state index contributed by atoms with van der Waals surface area (Å²) in [5, 5.41) is 5.59. The molecule has 0 saturated carbocycles. The molecule has 140 valence electrons. The van der Waals surface area contributed by atoms with Crippen molar-refractivity contribution in [1.29, 1.82) is 0 Å². The van der Waals surface area contributed by atoms with Crippen molar-refractivity contribution in [2.45, 2.75) is 44.6 Å². The normalized spacial score (nSPS) is 25.0. The number of carbonyl (C=O) groups excluding carboxylic acids is 3. The van der Waals surface area contributed by atoms with Crippen LogP contribution in [-0.4, -0.2) is 41.4 Å². The van der Waals surface area contributed by atoms with E-state index in [2.05, 4.69) is 16.7 Å². The first kappa shape index (κ1) is 18.7. The van der Waals surface area contributed by atoms with Crippen molar-refractivity contribution in [2.75, 3.05) is 13.1 Å². The highest BCUT2D eigenvalue weighted by atomic mass is 35.5. The van der Waals surface area contributed by atoms with Crippen molar-refractivity contribution >= 4 is 29.4 Å². The molecule has 0 spiro atoms. The number of imide groups is 1. The van der Waals surface area contributed by atoms with Gasteiger partial charge in [0.2, 0.25) is 5.91 Å². The van der Waals surface area contributed by atoms with Gasteiger partial charge in [0.05, 0.1) is 0 Å². The number of rotatable bonds is 4. The van der Waals surface area contributed by atoms with E-state index >= 15 is 0 Å². The molecule has 2 N–H and O–H groups in total. The number of hydrogen-bond acceptors (Lipinski definition) is 3. The standard InChI is InChI=1S/C19H24ClN3O3/c1-12(11-19(2)17(25)21-18(26)22-19)16(24)23-8-6-13(7-9-23)14-4-3-5-15(20)10-14/h3-5,10,12-13H,6-9,11H2,1-2H3,(H2,21,22,25,26)/t12-,19+/m0/s1. The molecule has 4 amide bonds. The Balaban J connectivity index is 1.56. The first-order valence-corrected chi connectivity index (χ1v) is 9.34. The third-order valence-electron chi connectivity index (χ3n) is 5.38. The highest BCUT2D eigenvalue weighted by Crippen LogP contribution is 2.31. The molecule has 0 unspecified atom stereocenters. The highest BCUT2D eigenvalue weighted by Gasteiger charge is 2.44. The van der Waals surface area contributed by atoms with Crippen LogP contribution in [-0.2, 0) is 9.59 Å². The molecule has 2 saturated heterocycles. The van der Waals surface area contributed by atoms with E-state index < -0.39 is 11.6 Å². The zero-order valence-electron chi connectivity index (χ0n) is 15.0. The Morgan fingerprint density at radius 1 is 1.35 bits per heavy atom. The zero-order chi connectivity index (χ0) is 18.9. The molecule has 6 nitrogen and oxygen atoms in total. The Morgan fingerprint density at radius 3 is 2.62 bits per heavy atom. The van der Waals surface area contributed by atoms with Crippen LogP contribution < -0.4 is 10.6 Å². The molecule has 0 bridgehead atoms. The molecular formula is C19H24ClN3O3. The minimum Gasteiger partial charge on any atom is -0.342 e. The fraction of sp³-hybridized carbons (Fsp3) is 0.526. The molecule has 26 heavy (non-hydrogen) atoms. The third kappa shape index (κ3) is 3.85. The van der Waals surface area contributed by atoms with Crippen molar-refractivity contribution in [3.8, 4) is 0 Å². The lowest BCUT2D eigenvalue weighted by Crippen LogP contribution is -2.48. The summed E-state index contributed by atoms with van der Waals surface area (Å²) in [6.07, 6.45) is 2.08. The molecule has 2 atom stereocenters. The number of halogens is 1. The Bertz CT molecular complexity index is 730. The third-order valence-corrected chi connectivity index (χ3v) is 5.62. The van der Waals surface area contributed by atoms with Gasteiger partial charge in [-0.3, -0.25) is 14.9 Å². The number of nitrogens with one attached hydrogen (secondary N) is 2. The van der Waals surface area contributed by atoms with Crippen molar-refractivity contribution in [3.63, 3.8) is 0 Å². The van der Waals surface area contributed by atoms with Crippen LogP contribution in [0.25, 0.3) is 0 Å². The summed E-state index contributed by atoms with van der Waals surface area (Å²) in [5.41, 5.74) is 0.196. The molecule has 3 rings (SSSR count). The molecule has 1 aromatic carbocycles. The second kappa shape index (κ2) is 7.27. The molecule has 2 aliphatic heterocycles. The molecule has 0 aliphatic carbocycles. The number of hydrogen-bond donors (Lipinski definition) is 2. The monoisotopic (exact) mass is 377 g/mol. The molecule has 7 heteroatoms. The molecule has 0 radical (unpaired) electrons. The van der Waals surface area contributed by atoms with Gasteiger partial charge in [-0.05, 0) is 49.8 Å². The van der Waals surface area contributed by atoms with Crippen LogP contribution in [0.4, 0.5) is 4.79 Å². The fourth-order valence-corrected chi connectivity index (χ4v) is 4.13. The summed E-state index contributed by atoms with van der Waals surface area (Å²) >= 11 is 6.07. The van der Waals surface area contributed by atoms with Gasteiger partial charge in [-0.1, -0.05) is 30.7 Å². The van der Waals surface area contributed by atoms with Crippen LogP contribution in [0.3, 0.4) is 0 Å². The van der Waals surface area contributed by atoms with Gasteiger partial charge >= 0.3 is 6.03 Å². The van der Waals surface area contributed by atoms with Crippen molar-refractivity contribution in [1.82, 2.24) is 15.5 Å². The van der Waals surface area contributed by atoms with E-state index in [0.717, 1.165) is 17.9 Å². The van der Waals surface area contributed by atoms with Gasteiger partial charge in [0.15, 0.2) is 0 Å². The first-order valence-electron chi connectivity index (χ1n) is 8.96. The Labute approximate surface area is 158 Å². The average molecular weight is 378 g/mol. The average Bonchev–Trinajstić information content (AvgIpc) is 2.86. The second-order valence-corrected chi connectivity index (χ2v) is 7.94. The molecular weight excluding hydrogens is 354 g/mol. The van der Waals surface area contributed by atoms with E-state index in [1.807, 2.05) is 30.0 Å². The van der Waals surface area contributed by atoms with E-state index in [1.165, 1.54) is 5.56 Å². The number of carbonyl (C=O) groups is 3. The SMILES string of the molecule is C[C@@H](C[C@@]1(C)NC(=O)NC1=O)C(=O)N1CCC(c2cccc(Cl)c2)CC1. The van der Waals surface area contributed by atoms with Crippen LogP contribution in [0, 0.1) is 5.92 Å². The van der Waals surface area contributed by atoms with E-state index in [1.54, 1.807) is 6.92 Å². The minimum atomic E-state index is -1.02. The van der Waals surface area contributed by atoms with Gasteiger partial charge in [0.25, 0.3) is 5.91 Å². The zero-order valence-corrected chi connectivity index (χ0v) is 15.8. The number of likely N-dealkylation sites (tertiary alicyclic amines) is 1. The summed E-state index contributed by atoms with van der Waals surface area (Å²) < 4.78 is 0. The summed E-state index contributed by atoms with van der Waals surface area (Å²) in [4.78, 5) is 37.9. The fourth-order valence-electron chi connectivity index (χ4n) is 3.93. The van der Waals surface area contributed by atoms with Crippen LogP contribution >= 0.6 is 11.6 Å². The number of nitrogens with zero attached hydrogens (tertiary/aromatic N) is 1. The molecule has 2 fully saturated rings. The lowest BCUT2D eigenvalue weighted by molar-refractivity contribution is -0.137. The van der Waals surface area contributed by atoms with E-state index in [0.29, 0.717) is 19.0 Å². The Kier molecular flexibility index (Phi) is 5.23. The Morgan fingerprint density at radius 2 is 2.04 bits per heavy atom. The predicted octanol–water partition coefficient (Wildman–Crippen LogP) is 2.67. The quantitative estimate of drug-likeness (QED) is 0.792. The van der Waals surface area contributed by atoms with Gasteiger partial charge in [0, 0.05) is 24.0 Å². The number of amides is 4.